The van der Waals surface area contributed by atoms with E-state index < -0.39 is 0 Å². The lowest BCUT2D eigenvalue weighted by Gasteiger charge is -2.07. The second-order valence-electron chi connectivity index (χ2n) is 4.27. The lowest BCUT2D eigenvalue weighted by atomic mass is 10.3. The molecule has 20 heavy (non-hydrogen) atoms. The van der Waals surface area contributed by atoms with Gasteiger partial charge in [0.2, 0.25) is 5.91 Å². The maximum Gasteiger partial charge on any atom is 0.226 e. The highest BCUT2D eigenvalue weighted by Gasteiger charge is 2.14. The Morgan fingerprint density at radius 2 is 2.40 bits per heavy atom. The molecule has 0 fully saturated rings. The molecule has 0 aromatic carbocycles. The lowest BCUT2D eigenvalue weighted by molar-refractivity contribution is -0.116. The highest BCUT2D eigenvalue weighted by molar-refractivity contribution is 7.99. The van der Waals surface area contributed by atoms with Crippen LogP contribution in [0, 0.1) is 0 Å². The Balaban J connectivity index is 2.10. The van der Waals surface area contributed by atoms with Gasteiger partial charge in [0.05, 0.1) is 0 Å². The number of anilines is 2. The molecule has 1 atom stereocenters. The maximum absolute atomic E-state index is 11.9. The summed E-state index contributed by atoms with van der Waals surface area (Å²) in [6, 6.07) is 3.75. The molecule has 0 saturated carbocycles. The molecule has 0 bridgehead atoms. The number of amides is 1. The lowest BCUT2D eigenvalue weighted by Crippen LogP contribution is -2.16. The zero-order valence-corrected chi connectivity index (χ0v) is 12.9. The Labute approximate surface area is 126 Å². The average molecular weight is 308 g/mol. The van der Waals surface area contributed by atoms with Gasteiger partial charge >= 0.3 is 0 Å². The fourth-order valence-electron chi connectivity index (χ4n) is 1.56. The summed E-state index contributed by atoms with van der Waals surface area (Å²) in [6.07, 6.45) is 5.87. The molecule has 1 amide bonds. The number of aromatic nitrogens is 2. The van der Waals surface area contributed by atoms with Crippen LogP contribution < -0.4 is 11.1 Å². The Bertz CT molecular complexity index is 585. The molecule has 2 rings (SSSR count). The van der Waals surface area contributed by atoms with Crippen molar-refractivity contribution in [3.63, 3.8) is 0 Å². The number of pyridine rings is 1. The van der Waals surface area contributed by atoms with Gasteiger partial charge in [0.15, 0.2) is 5.82 Å². The van der Waals surface area contributed by atoms with Crippen molar-refractivity contribution in [1.29, 1.82) is 0 Å². The molecule has 0 saturated heterocycles. The molecule has 2 heterocycles. The number of rotatable bonds is 5. The standard InChI is InChI=1S/C13H16N4OS2/c1-8(19-2)6-10(18)16-13-11(14)17-12(20-13)9-4-3-5-15-7-9/h3-5,7-8H,6,14H2,1-2H3,(H,16,18). The smallest absolute Gasteiger partial charge is 0.226 e. The number of nitrogens with zero attached hydrogens (tertiary/aromatic N) is 2. The summed E-state index contributed by atoms with van der Waals surface area (Å²) < 4.78 is 0. The van der Waals surface area contributed by atoms with E-state index in [1.807, 2.05) is 25.3 Å². The number of hydrogen-bond acceptors (Lipinski definition) is 6. The van der Waals surface area contributed by atoms with Crippen LogP contribution in [0.1, 0.15) is 13.3 Å². The number of nitrogens with two attached hydrogens (primary N) is 1. The molecule has 106 valence electrons. The molecule has 7 heteroatoms. The molecule has 2 aromatic heterocycles. The van der Waals surface area contributed by atoms with Crippen LogP contribution in [0.25, 0.3) is 10.6 Å². The van der Waals surface area contributed by atoms with Crippen molar-refractivity contribution in [1.82, 2.24) is 9.97 Å². The number of thiazole rings is 1. The average Bonchev–Trinajstić information content (AvgIpc) is 2.81. The van der Waals surface area contributed by atoms with Crippen molar-refractivity contribution in [3.05, 3.63) is 24.5 Å². The third-order valence-electron chi connectivity index (χ3n) is 2.69. The Hall–Kier alpha value is -1.60. The fraction of sp³-hybridized carbons (Fsp3) is 0.308. The van der Waals surface area contributed by atoms with Gasteiger partial charge in [0.25, 0.3) is 0 Å². The van der Waals surface area contributed by atoms with Gasteiger partial charge in [-0.2, -0.15) is 11.8 Å². The molecule has 5 nitrogen and oxygen atoms in total. The van der Waals surface area contributed by atoms with Gasteiger partial charge in [-0.05, 0) is 18.4 Å². The van der Waals surface area contributed by atoms with Crippen LogP contribution in [0.3, 0.4) is 0 Å². The highest BCUT2D eigenvalue weighted by atomic mass is 32.2. The van der Waals surface area contributed by atoms with E-state index in [0.29, 0.717) is 17.2 Å². The number of carbonyl (C=O) groups excluding carboxylic acids is 1. The molecule has 0 aliphatic heterocycles. The van der Waals surface area contributed by atoms with Gasteiger partial charge in [-0.15, -0.1) is 0 Å². The molecule has 0 aliphatic rings. The monoisotopic (exact) mass is 308 g/mol. The van der Waals surface area contributed by atoms with Crippen LogP contribution in [0.4, 0.5) is 10.8 Å². The van der Waals surface area contributed by atoms with Crippen LogP contribution >= 0.6 is 23.1 Å². The molecule has 1 unspecified atom stereocenters. The van der Waals surface area contributed by atoms with Crippen molar-refractivity contribution in [2.24, 2.45) is 0 Å². The van der Waals surface area contributed by atoms with Gasteiger partial charge < -0.3 is 11.1 Å². The van der Waals surface area contributed by atoms with Gasteiger partial charge in [-0.3, -0.25) is 9.78 Å². The second-order valence-corrected chi connectivity index (χ2v) is 6.55. The van der Waals surface area contributed by atoms with Crippen LogP contribution in [0.15, 0.2) is 24.5 Å². The second kappa shape index (κ2) is 6.71. The predicted octanol–water partition coefficient (Wildman–Crippen LogP) is 2.87. The third-order valence-corrected chi connectivity index (χ3v) is 4.70. The van der Waals surface area contributed by atoms with E-state index in [0.717, 1.165) is 10.6 Å². The topological polar surface area (TPSA) is 80.9 Å². The zero-order chi connectivity index (χ0) is 14.5. The van der Waals surface area contributed by atoms with Gasteiger partial charge in [0.1, 0.15) is 10.0 Å². The first kappa shape index (κ1) is 14.8. The highest BCUT2D eigenvalue weighted by Crippen LogP contribution is 2.33. The Morgan fingerprint density at radius 3 is 3.05 bits per heavy atom. The minimum Gasteiger partial charge on any atom is -0.381 e. The normalized spacial score (nSPS) is 12.1. The van der Waals surface area contributed by atoms with Crippen molar-refractivity contribution >= 4 is 39.8 Å². The minimum atomic E-state index is -0.0417. The van der Waals surface area contributed by atoms with Crippen LogP contribution in [0.2, 0.25) is 0 Å². The summed E-state index contributed by atoms with van der Waals surface area (Å²) in [7, 11) is 0. The number of nitrogens with one attached hydrogen (secondary N) is 1. The van der Waals surface area contributed by atoms with E-state index in [4.69, 9.17) is 5.73 Å². The van der Waals surface area contributed by atoms with Gasteiger partial charge in [0, 0.05) is 29.6 Å². The van der Waals surface area contributed by atoms with E-state index >= 15 is 0 Å². The van der Waals surface area contributed by atoms with Crippen LogP contribution in [0.5, 0.6) is 0 Å². The summed E-state index contributed by atoms with van der Waals surface area (Å²) in [6.45, 7) is 2.02. The minimum absolute atomic E-state index is 0.0417. The van der Waals surface area contributed by atoms with E-state index in [9.17, 15) is 4.79 Å². The summed E-state index contributed by atoms with van der Waals surface area (Å²) in [5.41, 5.74) is 6.74. The van der Waals surface area contributed by atoms with Crippen LogP contribution in [-0.2, 0) is 4.79 Å². The van der Waals surface area contributed by atoms with Crippen molar-refractivity contribution in [3.8, 4) is 10.6 Å². The van der Waals surface area contributed by atoms with Gasteiger partial charge in [-0.1, -0.05) is 18.3 Å². The fourth-order valence-corrected chi connectivity index (χ4v) is 2.77. The first-order valence-corrected chi connectivity index (χ1v) is 8.20. The summed E-state index contributed by atoms with van der Waals surface area (Å²) in [4.78, 5) is 20.2. The summed E-state index contributed by atoms with van der Waals surface area (Å²) >= 11 is 3.02. The largest absolute Gasteiger partial charge is 0.381 e. The summed E-state index contributed by atoms with van der Waals surface area (Å²) in [5, 5.41) is 4.46. The third kappa shape index (κ3) is 3.71. The predicted molar refractivity (Wildman–Crippen MR) is 86.0 cm³/mol. The summed E-state index contributed by atoms with van der Waals surface area (Å²) in [5.74, 6) is 0.305. The number of thioether (sulfide) groups is 1. The Morgan fingerprint density at radius 1 is 1.60 bits per heavy atom. The quantitative estimate of drug-likeness (QED) is 0.887. The van der Waals surface area contributed by atoms with E-state index in [2.05, 4.69) is 15.3 Å². The number of nitrogen functional groups attached to an aromatic ring is 1. The van der Waals surface area contributed by atoms with Crippen molar-refractivity contribution < 1.29 is 4.79 Å². The van der Waals surface area contributed by atoms with E-state index in [1.54, 1.807) is 24.2 Å². The number of hydrogen-bond donors (Lipinski definition) is 2. The van der Waals surface area contributed by atoms with Gasteiger partial charge in [-0.25, -0.2) is 4.98 Å². The van der Waals surface area contributed by atoms with Crippen molar-refractivity contribution in [2.45, 2.75) is 18.6 Å². The first-order valence-electron chi connectivity index (χ1n) is 6.09. The molecular weight excluding hydrogens is 292 g/mol. The molecule has 0 spiro atoms. The Kier molecular flexibility index (Phi) is 4.97. The van der Waals surface area contributed by atoms with E-state index in [1.165, 1.54) is 11.3 Å². The maximum atomic E-state index is 11.9. The molecule has 0 aliphatic carbocycles. The molecule has 3 N–H and O–H groups in total. The van der Waals surface area contributed by atoms with Crippen molar-refractivity contribution in [2.75, 3.05) is 17.3 Å². The molecule has 2 aromatic rings. The zero-order valence-electron chi connectivity index (χ0n) is 11.3. The van der Waals surface area contributed by atoms with E-state index in [-0.39, 0.29) is 11.2 Å². The molecular formula is C13H16N4OS2. The SMILES string of the molecule is CSC(C)CC(=O)Nc1sc(-c2cccnc2)nc1N. The number of carbonyl (C=O) groups is 1. The van der Waals surface area contributed by atoms with Crippen LogP contribution in [-0.4, -0.2) is 27.4 Å². The first-order chi connectivity index (χ1) is 9.60. The molecule has 0 radical (unpaired) electrons.